The first-order valence-corrected chi connectivity index (χ1v) is 4.89. The van der Waals surface area contributed by atoms with E-state index in [1.54, 1.807) is 0 Å². The van der Waals surface area contributed by atoms with E-state index in [2.05, 4.69) is 16.8 Å². The minimum Gasteiger partial charge on any atom is -0.372 e. The first-order valence-electron chi connectivity index (χ1n) is 4.89. The number of hydrogen-bond donors (Lipinski definition) is 0. The van der Waals surface area contributed by atoms with E-state index in [9.17, 15) is 9.59 Å². The van der Waals surface area contributed by atoms with Crippen molar-refractivity contribution in [3.05, 3.63) is 35.9 Å². The second-order valence-corrected chi connectivity index (χ2v) is 3.29. The van der Waals surface area contributed by atoms with Crippen molar-refractivity contribution in [3.63, 3.8) is 0 Å². The van der Waals surface area contributed by atoms with Crippen molar-refractivity contribution < 1.29 is 14.3 Å². The highest BCUT2D eigenvalue weighted by Crippen LogP contribution is 1.97. The van der Waals surface area contributed by atoms with Gasteiger partial charge in [-0.2, -0.15) is 0 Å². The van der Waals surface area contributed by atoms with E-state index in [1.165, 1.54) is 6.92 Å². The predicted molar refractivity (Wildman–Crippen MR) is 59.3 cm³/mol. The molecule has 1 aromatic rings. The Labute approximate surface area is 94.4 Å². The molecule has 0 atom stereocenters. The van der Waals surface area contributed by atoms with Crippen molar-refractivity contribution >= 4 is 11.8 Å². The third-order valence-corrected chi connectivity index (χ3v) is 1.77. The summed E-state index contributed by atoms with van der Waals surface area (Å²) in [7, 11) is 0. The van der Waals surface area contributed by atoms with Crippen LogP contribution < -0.4 is 0 Å². The molecule has 0 aliphatic heterocycles. The number of rotatable bonds is 3. The van der Waals surface area contributed by atoms with Crippen LogP contribution in [0.2, 0.25) is 0 Å². The van der Waals surface area contributed by atoms with Gasteiger partial charge in [0.1, 0.15) is 18.3 Å². The molecular formula is C13H12O3. The number of carbonyl (C=O) groups is 2. The Morgan fingerprint density at radius 2 is 1.94 bits per heavy atom. The van der Waals surface area contributed by atoms with Crippen LogP contribution in [0.15, 0.2) is 30.3 Å². The predicted octanol–water partition coefficient (Wildman–Crippen LogP) is 1.71. The highest BCUT2D eigenvalue weighted by Gasteiger charge is 2.04. The van der Waals surface area contributed by atoms with Crippen molar-refractivity contribution in [1.29, 1.82) is 0 Å². The Kier molecular flexibility index (Phi) is 4.81. The van der Waals surface area contributed by atoms with Crippen LogP contribution in [-0.2, 0) is 20.7 Å². The number of esters is 1. The summed E-state index contributed by atoms with van der Waals surface area (Å²) in [5.41, 5.74) is 1.05. The van der Waals surface area contributed by atoms with Gasteiger partial charge in [-0.15, -0.1) is 0 Å². The number of Topliss-reactive ketones (excluding diaryl/α,β-unsaturated/α-hetero) is 1. The highest BCUT2D eigenvalue weighted by atomic mass is 16.5. The lowest BCUT2D eigenvalue weighted by Crippen LogP contribution is -2.05. The smallest absolute Gasteiger partial charge is 0.327 e. The molecule has 0 bridgehead atoms. The molecule has 3 nitrogen and oxygen atoms in total. The van der Waals surface area contributed by atoms with E-state index >= 15 is 0 Å². The maximum Gasteiger partial charge on any atom is 0.327 e. The molecule has 16 heavy (non-hydrogen) atoms. The van der Waals surface area contributed by atoms with Crippen LogP contribution in [0, 0.1) is 12.0 Å². The van der Waals surface area contributed by atoms with E-state index in [0.29, 0.717) is 6.42 Å². The fourth-order valence-electron chi connectivity index (χ4n) is 1.07. The topological polar surface area (TPSA) is 43.4 Å². The molecule has 0 saturated heterocycles. The summed E-state index contributed by atoms with van der Waals surface area (Å²) in [5, 5.41) is 0. The summed E-state index contributed by atoms with van der Waals surface area (Å²) in [6.07, 6.45) is 2.59. The maximum atomic E-state index is 10.9. The molecule has 0 spiro atoms. The molecule has 0 fully saturated rings. The summed E-state index contributed by atoms with van der Waals surface area (Å²) in [5.74, 6) is 1.87. The second kappa shape index (κ2) is 6.41. The molecule has 0 saturated carbocycles. The lowest BCUT2D eigenvalue weighted by Gasteiger charge is -1.92. The van der Waals surface area contributed by atoms with Crippen molar-refractivity contribution in [2.45, 2.75) is 19.8 Å². The fraction of sp³-hybridized carbons (Fsp3) is 0.231. The van der Waals surface area contributed by atoms with Gasteiger partial charge in [-0.3, -0.25) is 9.59 Å². The summed E-state index contributed by atoms with van der Waals surface area (Å²) in [6.45, 7) is 1.33. The number of hydrogen-bond acceptors (Lipinski definition) is 3. The number of carbonyl (C=O) groups excluding carboxylic acids is 2. The van der Waals surface area contributed by atoms with E-state index in [1.807, 2.05) is 30.3 Å². The molecule has 1 aromatic carbocycles. The second-order valence-electron chi connectivity index (χ2n) is 3.29. The first kappa shape index (κ1) is 12.0. The third-order valence-electron chi connectivity index (χ3n) is 1.77. The zero-order valence-electron chi connectivity index (χ0n) is 9.03. The quantitative estimate of drug-likeness (QED) is 0.439. The number of ether oxygens (including phenoxy) is 1. The molecule has 0 amide bonds. The van der Waals surface area contributed by atoms with E-state index < -0.39 is 5.97 Å². The van der Waals surface area contributed by atoms with E-state index in [4.69, 9.17) is 0 Å². The summed E-state index contributed by atoms with van der Waals surface area (Å²) >= 11 is 0. The van der Waals surface area contributed by atoms with Gasteiger partial charge in [0.15, 0.2) is 0 Å². The van der Waals surface area contributed by atoms with Crippen LogP contribution in [0.3, 0.4) is 0 Å². The molecule has 3 heteroatoms. The number of ketones is 1. The SMILES string of the molecule is CC(=O)CC(=O)OC#CCc1ccccc1. The molecule has 0 aliphatic carbocycles. The highest BCUT2D eigenvalue weighted by molar-refractivity contribution is 5.94. The molecule has 0 N–H and O–H groups in total. The molecule has 0 aliphatic rings. The summed E-state index contributed by atoms with van der Waals surface area (Å²) < 4.78 is 4.55. The molecular weight excluding hydrogens is 204 g/mol. The molecule has 1 rings (SSSR count). The Bertz CT molecular complexity index is 423. The summed E-state index contributed by atoms with van der Waals surface area (Å²) in [6, 6.07) is 9.62. The Morgan fingerprint density at radius 1 is 1.25 bits per heavy atom. The largest absolute Gasteiger partial charge is 0.372 e. The van der Waals surface area contributed by atoms with Crippen molar-refractivity contribution in [1.82, 2.24) is 0 Å². The standard InChI is InChI=1S/C13H12O3/c1-11(14)10-13(15)16-9-5-8-12-6-3-2-4-7-12/h2-4,6-7H,8,10H2,1H3. The van der Waals surface area contributed by atoms with Gasteiger partial charge in [0.2, 0.25) is 0 Å². The molecule has 0 heterocycles. The van der Waals surface area contributed by atoms with Crippen LogP contribution >= 0.6 is 0 Å². The zero-order chi connectivity index (χ0) is 11.8. The van der Waals surface area contributed by atoms with E-state index in [0.717, 1.165) is 5.56 Å². The van der Waals surface area contributed by atoms with Crippen LogP contribution in [-0.4, -0.2) is 11.8 Å². The van der Waals surface area contributed by atoms with Gasteiger partial charge in [0.05, 0.1) is 0 Å². The normalized spacial score (nSPS) is 8.81. The fourth-order valence-corrected chi connectivity index (χ4v) is 1.07. The third kappa shape index (κ3) is 4.97. The average Bonchev–Trinajstić information content (AvgIpc) is 2.25. The lowest BCUT2D eigenvalue weighted by molar-refractivity contribution is -0.139. The van der Waals surface area contributed by atoms with Gasteiger partial charge < -0.3 is 4.74 Å². The van der Waals surface area contributed by atoms with Gasteiger partial charge >= 0.3 is 5.97 Å². The monoisotopic (exact) mass is 216 g/mol. The zero-order valence-corrected chi connectivity index (χ0v) is 9.03. The van der Waals surface area contributed by atoms with Gasteiger partial charge in [0, 0.05) is 6.42 Å². The minimum atomic E-state index is -0.604. The first-order chi connectivity index (χ1) is 7.68. The Balaban J connectivity index is 2.34. The number of benzene rings is 1. The molecule has 0 radical (unpaired) electrons. The van der Waals surface area contributed by atoms with E-state index in [-0.39, 0.29) is 12.2 Å². The average molecular weight is 216 g/mol. The lowest BCUT2D eigenvalue weighted by atomic mass is 10.2. The molecule has 82 valence electrons. The maximum absolute atomic E-state index is 10.9. The Morgan fingerprint density at radius 3 is 2.56 bits per heavy atom. The Hall–Kier alpha value is -2.08. The van der Waals surface area contributed by atoms with Crippen LogP contribution in [0.4, 0.5) is 0 Å². The molecule has 0 unspecified atom stereocenters. The van der Waals surface area contributed by atoms with Crippen molar-refractivity contribution in [2.24, 2.45) is 0 Å². The molecule has 0 aromatic heterocycles. The van der Waals surface area contributed by atoms with Crippen LogP contribution in [0.5, 0.6) is 0 Å². The van der Waals surface area contributed by atoms with Gasteiger partial charge in [0.25, 0.3) is 0 Å². The van der Waals surface area contributed by atoms with Crippen LogP contribution in [0.25, 0.3) is 0 Å². The van der Waals surface area contributed by atoms with Crippen molar-refractivity contribution in [2.75, 3.05) is 0 Å². The van der Waals surface area contributed by atoms with Gasteiger partial charge in [-0.05, 0) is 12.5 Å². The van der Waals surface area contributed by atoms with Crippen LogP contribution in [0.1, 0.15) is 18.9 Å². The van der Waals surface area contributed by atoms with Gasteiger partial charge in [-0.1, -0.05) is 36.3 Å². The van der Waals surface area contributed by atoms with Crippen molar-refractivity contribution in [3.8, 4) is 12.0 Å². The minimum absolute atomic E-state index is 0.222. The van der Waals surface area contributed by atoms with Gasteiger partial charge in [-0.25, -0.2) is 0 Å². The summed E-state index contributed by atoms with van der Waals surface area (Å²) in [4.78, 5) is 21.5.